The van der Waals surface area contributed by atoms with Gasteiger partial charge in [0, 0.05) is 17.5 Å². The third kappa shape index (κ3) is 4.78. The molecule has 0 aliphatic heterocycles. The first-order valence-electron chi connectivity index (χ1n) is 8.81. The van der Waals surface area contributed by atoms with Crippen LogP contribution in [0.2, 0.25) is 0 Å². The van der Waals surface area contributed by atoms with Gasteiger partial charge in [0.15, 0.2) is 0 Å². The molecule has 0 saturated carbocycles. The second-order valence-corrected chi connectivity index (χ2v) is 7.94. The summed E-state index contributed by atoms with van der Waals surface area (Å²) in [7, 11) is 4.81. The lowest BCUT2D eigenvalue weighted by atomic mass is 10.2. The molecule has 2 heterocycles. The molecule has 0 spiro atoms. The third-order valence-electron chi connectivity index (χ3n) is 4.00. The molecule has 29 heavy (non-hydrogen) atoms. The van der Waals surface area contributed by atoms with Crippen LogP contribution in [0.15, 0.2) is 57.3 Å². The van der Waals surface area contributed by atoms with E-state index in [2.05, 4.69) is 23.0 Å². The van der Waals surface area contributed by atoms with E-state index in [1.165, 1.54) is 0 Å². The number of rotatable bonds is 8. The van der Waals surface area contributed by atoms with Crippen LogP contribution in [0, 0.1) is 0 Å². The minimum atomic E-state index is 0.551. The highest BCUT2D eigenvalue weighted by atomic mass is 32.1. The number of hydrogen-bond donors (Lipinski definition) is 0. The zero-order valence-electron chi connectivity index (χ0n) is 16.8. The fourth-order valence-corrected chi connectivity index (χ4v) is 4.22. The lowest BCUT2D eigenvalue weighted by molar-refractivity contribution is 0.374. The van der Waals surface area contributed by atoms with Crippen LogP contribution in [-0.4, -0.2) is 38.8 Å². The van der Waals surface area contributed by atoms with Gasteiger partial charge in [0.2, 0.25) is 4.80 Å². The summed E-state index contributed by atoms with van der Waals surface area (Å²) in [5, 5.41) is 8.83. The van der Waals surface area contributed by atoms with Crippen LogP contribution in [0.4, 0.5) is 0 Å². The largest absolute Gasteiger partial charge is 0.496 e. The topological polar surface area (TPSA) is 57.3 Å². The molecule has 6 nitrogen and oxygen atoms in total. The molecule has 2 aromatic heterocycles. The van der Waals surface area contributed by atoms with Crippen molar-refractivity contribution < 1.29 is 14.2 Å². The van der Waals surface area contributed by atoms with Crippen molar-refractivity contribution in [2.24, 2.45) is 10.1 Å². The molecular formula is C21H23N3O3S2. The number of hydrogen-bond acceptors (Lipinski definition) is 7. The average molecular weight is 430 g/mol. The Morgan fingerprint density at radius 1 is 1.14 bits per heavy atom. The quantitative estimate of drug-likeness (QED) is 0.386. The van der Waals surface area contributed by atoms with Gasteiger partial charge in [0.1, 0.15) is 17.2 Å². The Labute approximate surface area is 178 Å². The number of thiophene rings is 1. The number of benzene rings is 1. The Kier molecular flexibility index (Phi) is 6.90. The maximum Gasteiger partial charge on any atom is 0.206 e. The van der Waals surface area contributed by atoms with Crippen molar-refractivity contribution in [1.29, 1.82) is 0 Å². The second kappa shape index (κ2) is 9.58. The van der Waals surface area contributed by atoms with Gasteiger partial charge in [0.25, 0.3) is 0 Å². The summed E-state index contributed by atoms with van der Waals surface area (Å²) in [4.78, 5) is 6.56. The van der Waals surface area contributed by atoms with Crippen LogP contribution < -0.4 is 19.0 Å². The molecule has 8 heteroatoms. The summed E-state index contributed by atoms with van der Waals surface area (Å²) < 4.78 is 18.2. The van der Waals surface area contributed by atoms with Crippen LogP contribution in [0.5, 0.6) is 17.2 Å². The normalized spacial score (nSPS) is 11.8. The first-order chi connectivity index (χ1) is 14.1. The van der Waals surface area contributed by atoms with Gasteiger partial charge in [-0.05, 0) is 18.4 Å². The minimum Gasteiger partial charge on any atom is -0.496 e. The number of methoxy groups -OCH3 is 3. The maximum atomic E-state index is 5.52. The molecular weight excluding hydrogens is 406 g/mol. The van der Waals surface area contributed by atoms with E-state index in [0.29, 0.717) is 23.8 Å². The highest BCUT2D eigenvalue weighted by Crippen LogP contribution is 2.33. The Morgan fingerprint density at radius 3 is 2.41 bits per heavy atom. The van der Waals surface area contributed by atoms with E-state index in [-0.39, 0.29) is 0 Å². The number of ether oxygens (including phenoxy) is 3. The van der Waals surface area contributed by atoms with Crippen molar-refractivity contribution in [3.63, 3.8) is 0 Å². The molecule has 0 unspecified atom stereocenters. The van der Waals surface area contributed by atoms with Crippen molar-refractivity contribution in [3.05, 3.63) is 57.5 Å². The molecule has 0 N–H and O–H groups in total. The Morgan fingerprint density at radius 2 is 1.86 bits per heavy atom. The van der Waals surface area contributed by atoms with Gasteiger partial charge in [-0.25, -0.2) is 4.68 Å². The van der Waals surface area contributed by atoms with E-state index in [4.69, 9.17) is 19.3 Å². The van der Waals surface area contributed by atoms with E-state index in [1.54, 1.807) is 62.4 Å². The minimum absolute atomic E-state index is 0.551. The molecule has 0 bridgehead atoms. The summed E-state index contributed by atoms with van der Waals surface area (Å²) in [6.07, 6.45) is 1.72. The van der Waals surface area contributed by atoms with Crippen molar-refractivity contribution >= 4 is 28.9 Å². The summed E-state index contributed by atoms with van der Waals surface area (Å²) in [5.41, 5.74) is 2.69. The van der Waals surface area contributed by atoms with Crippen LogP contribution in [0.3, 0.4) is 0 Å². The van der Waals surface area contributed by atoms with Gasteiger partial charge in [-0.15, -0.1) is 22.7 Å². The average Bonchev–Trinajstić information content (AvgIpc) is 3.39. The van der Waals surface area contributed by atoms with E-state index in [0.717, 1.165) is 26.5 Å². The molecule has 3 aromatic rings. The van der Waals surface area contributed by atoms with Crippen LogP contribution >= 0.6 is 22.7 Å². The molecule has 152 valence electrons. The Balaban J connectivity index is 2.12. The van der Waals surface area contributed by atoms with Gasteiger partial charge in [0.05, 0.1) is 50.2 Å². The number of aromatic nitrogens is 1. The molecule has 3 rings (SSSR count). The first kappa shape index (κ1) is 20.9. The van der Waals surface area contributed by atoms with E-state index >= 15 is 0 Å². The summed E-state index contributed by atoms with van der Waals surface area (Å²) in [6.45, 7) is 6.44. The summed E-state index contributed by atoms with van der Waals surface area (Å²) in [5.74, 6) is 1.87. The van der Waals surface area contributed by atoms with Gasteiger partial charge < -0.3 is 14.2 Å². The van der Waals surface area contributed by atoms with Gasteiger partial charge in [-0.1, -0.05) is 18.2 Å². The summed E-state index contributed by atoms with van der Waals surface area (Å²) >= 11 is 3.20. The van der Waals surface area contributed by atoms with Gasteiger partial charge in [-0.3, -0.25) is 4.99 Å². The van der Waals surface area contributed by atoms with E-state index < -0.39 is 0 Å². The highest BCUT2D eigenvalue weighted by Gasteiger charge is 2.13. The number of nitrogens with zero attached hydrogens (tertiary/aromatic N) is 3. The van der Waals surface area contributed by atoms with Crippen molar-refractivity contribution in [2.45, 2.75) is 6.92 Å². The van der Waals surface area contributed by atoms with Crippen molar-refractivity contribution in [3.8, 4) is 27.8 Å². The lowest BCUT2D eigenvalue weighted by Gasteiger charge is -2.12. The highest BCUT2D eigenvalue weighted by molar-refractivity contribution is 7.14. The Hall–Kier alpha value is -2.84. The zero-order valence-corrected chi connectivity index (χ0v) is 18.5. The molecule has 1 aromatic carbocycles. The van der Waals surface area contributed by atoms with Gasteiger partial charge in [-0.2, -0.15) is 5.10 Å². The molecule has 0 aliphatic carbocycles. The third-order valence-corrected chi connectivity index (χ3v) is 5.74. The monoisotopic (exact) mass is 429 g/mol. The van der Waals surface area contributed by atoms with E-state index in [1.807, 2.05) is 23.0 Å². The SMILES string of the molecule is C=C(C)CN=c1scc(-c2cccs2)n1N=Cc1c(OC)cc(OC)cc1OC. The predicted molar refractivity (Wildman–Crippen MR) is 120 cm³/mol. The lowest BCUT2D eigenvalue weighted by Crippen LogP contribution is -2.13. The fraction of sp³-hybridized carbons (Fsp3) is 0.238. The predicted octanol–water partition coefficient (Wildman–Crippen LogP) is 4.66. The molecule has 0 amide bonds. The van der Waals surface area contributed by atoms with Crippen molar-refractivity contribution in [1.82, 2.24) is 4.68 Å². The molecule has 0 aliphatic rings. The summed E-state index contributed by atoms with van der Waals surface area (Å²) in [6, 6.07) is 7.69. The fourth-order valence-electron chi connectivity index (χ4n) is 2.59. The maximum absolute atomic E-state index is 5.52. The molecule has 0 saturated heterocycles. The second-order valence-electron chi connectivity index (χ2n) is 6.16. The Bertz CT molecular complexity index is 1050. The molecule has 0 radical (unpaired) electrons. The van der Waals surface area contributed by atoms with Gasteiger partial charge >= 0.3 is 0 Å². The first-order valence-corrected chi connectivity index (χ1v) is 10.6. The molecule has 0 atom stereocenters. The standard InChI is InChI=1S/C21H23N3O3S2/c1-14(2)11-22-21-24(17(13-29-21)20-7-6-8-28-20)23-12-16-18(26-4)9-15(25-3)10-19(16)27-5/h6-10,12-13H,1,11H2,2-5H3. The zero-order chi connectivity index (χ0) is 20.8. The van der Waals surface area contributed by atoms with E-state index in [9.17, 15) is 0 Å². The number of thiazole rings is 1. The van der Waals surface area contributed by atoms with Crippen LogP contribution in [0.1, 0.15) is 12.5 Å². The smallest absolute Gasteiger partial charge is 0.206 e. The molecule has 0 fully saturated rings. The van der Waals surface area contributed by atoms with Crippen molar-refractivity contribution in [2.75, 3.05) is 27.9 Å². The van der Waals surface area contributed by atoms with Crippen LogP contribution in [-0.2, 0) is 0 Å². The van der Waals surface area contributed by atoms with Crippen LogP contribution in [0.25, 0.3) is 10.6 Å².